The molecule has 2 aromatic heterocycles. The van der Waals surface area contributed by atoms with Crippen molar-refractivity contribution in [1.82, 2.24) is 18.9 Å². The van der Waals surface area contributed by atoms with E-state index in [-0.39, 0.29) is 18.1 Å². The summed E-state index contributed by atoms with van der Waals surface area (Å²) in [6.07, 6.45) is 3.66. The highest BCUT2D eigenvalue weighted by atomic mass is 32.2. The van der Waals surface area contributed by atoms with Crippen LogP contribution in [-0.2, 0) is 17.9 Å². The van der Waals surface area contributed by atoms with Gasteiger partial charge in [0, 0.05) is 6.54 Å². The van der Waals surface area contributed by atoms with Crippen LogP contribution in [0.5, 0.6) is 0 Å². The highest BCUT2D eigenvalue weighted by Gasteiger charge is 2.18. The Morgan fingerprint density at radius 1 is 1.03 bits per heavy atom. The van der Waals surface area contributed by atoms with Gasteiger partial charge in [0.05, 0.1) is 27.8 Å². The minimum Gasteiger partial charge on any atom is -0.308 e. The second-order valence-corrected chi connectivity index (χ2v) is 7.31. The van der Waals surface area contributed by atoms with Crippen LogP contribution in [0.1, 0.15) is 6.92 Å². The van der Waals surface area contributed by atoms with Crippen molar-refractivity contribution in [3.05, 3.63) is 71.3 Å². The number of carbonyl (C=O) groups excluding carboxylic acids is 1. The number of anilines is 1. The van der Waals surface area contributed by atoms with Crippen LogP contribution in [0, 0.1) is 0 Å². The number of para-hydroxylation sites is 3. The van der Waals surface area contributed by atoms with Crippen molar-refractivity contribution in [3.8, 4) is 5.69 Å². The Kier molecular flexibility index (Phi) is 5.26. The number of benzene rings is 2. The molecule has 0 bridgehead atoms. The van der Waals surface area contributed by atoms with Crippen LogP contribution in [0.25, 0.3) is 16.7 Å². The van der Waals surface area contributed by atoms with Gasteiger partial charge >= 0.3 is 5.69 Å². The predicted octanol–water partition coefficient (Wildman–Crippen LogP) is 3.37. The van der Waals surface area contributed by atoms with Gasteiger partial charge < -0.3 is 5.32 Å². The second kappa shape index (κ2) is 8.00. The number of fused-ring (bicyclic) bond motifs is 1. The Bertz CT molecular complexity index is 1220. The first kappa shape index (κ1) is 19.1. The molecule has 0 aliphatic rings. The number of nitrogens with zero attached hydrogens (tertiary/aromatic N) is 4. The van der Waals surface area contributed by atoms with E-state index in [4.69, 9.17) is 0 Å². The van der Waals surface area contributed by atoms with Crippen LogP contribution < -0.4 is 11.0 Å². The maximum atomic E-state index is 12.9. The number of hydrogen-bond acceptors (Lipinski definition) is 4. The zero-order valence-electron chi connectivity index (χ0n) is 16.2. The van der Waals surface area contributed by atoms with E-state index >= 15 is 0 Å². The van der Waals surface area contributed by atoms with E-state index in [0.717, 1.165) is 21.6 Å². The largest absolute Gasteiger partial charge is 0.329 e. The molecule has 0 aliphatic heterocycles. The Morgan fingerprint density at radius 2 is 1.69 bits per heavy atom. The van der Waals surface area contributed by atoms with Gasteiger partial charge in [0.15, 0.2) is 0 Å². The highest BCUT2D eigenvalue weighted by Crippen LogP contribution is 2.27. The lowest BCUT2D eigenvalue weighted by Gasteiger charge is -2.11. The summed E-state index contributed by atoms with van der Waals surface area (Å²) in [7, 11) is 0. The van der Waals surface area contributed by atoms with Crippen molar-refractivity contribution < 1.29 is 4.79 Å². The lowest BCUT2D eigenvalue weighted by atomic mass is 10.3. The molecule has 8 heteroatoms. The van der Waals surface area contributed by atoms with Gasteiger partial charge in [-0.15, -0.1) is 11.8 Å². The van der Waals surface area contributed by atoms with Crippen molar-refractivity contribution in [2.75, 3.05) is 11.6 Å². The van der Waals surface area contributed by atoms with E-state index in [0.29, 0.717) is 12.4 Å². The smallest absolute Gasteiger partial charge is 0.308 e. The van der Waals surface area contributed by atoms with Crippen LogP contribution in [0.2, 0.25) is 0 Å². The number of hydrogen-bond donors (Lipinski definition) is 1. The second-order valence-electron chi connectivity index (χ2n) is 6.46. The molecule has 0 aliphatic carbocycles. The van der Waals surface area contributed by atoms with Crippen molar-refractivity contribution in [2.24, 2.45) is 0 Å². The minimum absolute atomic E-state index is 0.0693. The molecule has 0 atom stereocenters. The van der Waals surface area contributed by atoms with Crippen LogP contribution in [-0.4, -0.2) is 31.1 Å². The van der Waals surface area contributed by atoms with Crippen molar-refractivity contribution in [2.45, 2.75) is 24.9 Å². The van der Waals surface area contributed by atoms with E-state index in [1.54, 1.807) is 15.4 Å². The molecule has 2 aromatic carbocycles. The molecular formula is C21H21N5O2S. The quantitative estimate of drug-likeness (QED) is 0.498. The summed E-state index contributed by atoms with van der Waals surface area (Å²) < 4.78 is 4.88. The molecule has 0 unspecified atom stereocenters. The monoisotopic (exact) mass is 407 g/mol. The summed E-state index contributed by atoms with van der Waals surface area (Å²) in [6.45, 7) is 2.40. The van der Waals surface area contributed by atoms with Gasteiger partial charge in [-0.1, -0.05) is 30.3 Å². The van der Waals surface area contributed by atoms with E-state index < -0.39 is 0 Å². The summed E-state index contributed by atoms with van der Waals surface area (Å²) in [5.41, 5.74) is 2.23. The zero-order valence-corrected chi connectivity index (χ0v) is 17.0. The number of imidazole rings is 1. The van der Waals surface area contributed by atoms with Crippen LogP contribution in [0.15, 0.2) is 70.5 Å². The molecule has 29 heavy (non-hydrogen) atoms. The minimum atomic E-state index is -0.279. The standard InChI is InChI=1S/C21H21N5O2S/c1-3-24-16-11-7-8-12-17(16)25(21(24)28)14-19(27)23-20-18(29-2)13-22-26(20)15-9-5-4-6-10-15/h4-13H,3,14H2,1-2H3,(H,23,27). The third-order valence-corrected chi connectivity index (χ3v) is 5.50. The highest BCUT2D eigenvalue weighted by molar-refractivity contribution is 7.98. The van der Waals surface area contributed by atoms with Crippen molar-refractivity contribution in [3.63, 3.8) is 0 Å². The molecule has 0 spiro atoms. The number of aromatic nitrogens is 4. The van der Waals surface area contributed by atoms with Gasteiger partial charge in [-0.25, -0.2) is 9.48 Å². The zero-order chi connectivity index (χ0) is 20.4. The SMILES string of the molecule is CCn1c(=O)n(CC(=O)Nc2c(SC)cnn2-c2ccccc2)c2ccccc21. The van der Waals surface area contributed by atoms with E-state index in [2.05, 4.69) is 10.4 Å². The summed E-state index contributed by atoms with van der Waals surface area (Å²) >= 11 is 1.50. The molecule has 148 valence electrons. The lowest BCUT2D eigenvalue weighted by molar-refractivity contribution is -0.116. The molecule has 4 aromatic rings. The Morgan fingerprint density at radius 3 is 2.34 bits per heavy atom. The summed E-state index contributed by atoms with van der Waals surface area (Å²) in [5.74, 6) is 0.320. The molecule has 2 heterocycles. The number of rotatable bonds is 6. The van der Waals surface area contributed by atoms with Crippen LogP contribution in [0.3, 0.4) is 0 Å². The van der Waals surface area contributed by atoms with E-state index in [9.17, 15) is 9.59 Å². The number of thioether (sulfide) groups is 1. The average molecular weight is 407 g/mol. The maximum Gasteiger partial charge on any atom is 0.329 e. The number of aryl methyl sites for hydroxylation is 1. The Balaban J connectivity index is 1.67. The van der Waals surface area contributed by atoms with Gasteiger partial charge in [0.25, 0.3) is 0 Å². The maximum absolute atomic E-state index is 12.9. The third kappa shape index (κ3) is 3.47. The summed E-state index contributed by atoms with van der Waals surface area (Å²) in [6, 6.07) is 17.1. The topological polar surface area (TPSA) is 73.8 Å². The number of carbonyl (C=O) groups is 1. The molecular weight excluding hydrogens is 386 g/mol. The normalized spacial score (nSPS) is 11.1. The average Bonchev–Trinajstić information content (AvgIpc) is 3.27. The first-order chi connectivity index (χ1) is 14.1. The van der Waals surface area contributed by atoms with Gasteiger partial charge in [-0.3, -0.25) is 13.9 Å². The van der Waals surface area contributed by atoms with Gasteiger partial charge in [-0.05, 0) is 37.4 Å². The number of nitrogens with one attached hydrogen (secondary N) is 1. The summed E-state index contributed by atoms with van der Waals surface area (Å²) in [5, 5.41) is 7.36. The van der Waals surface area contributed by atoms with Gasteiger partial charge in [-0.2, -0.15) is 5.10 Å². The fourth-order valence-electron chi connectivity index (χ4n) is 3.41. The molecule has 1 N–H and O–H groups in total. The van der Waals surface area contributed by atoms with E-state index in [1.165, 1.54) is 16.3 Å². The fourth-order valence-corrected chi connectivity index (χ4v) is 3.89. The van der Waals surface area contributed by atoms with Crippen molar-refractivity contribution in [1.29, 1.82) is 0 Å². The predicted molar refractivity (Wildman–Crippen MR) is 116 cm³/mol. The van der Waals surface area contributed by atoms with Gasteiger partial charge in [0.1, 0.15) is 12.4 Å². The number of amides is 1. The molecule has 0 saturated heterocycles. The Hall–Kier alpha value is -3.26. The molecule has 0 fully saturated rings. The molecule has 7 nitrogen and oxygen atoms in total. The fraction of sp³-hybridized carbons (Fsp3) is 0.190. The first-order valence-corrected chi connectivity index (χ1v) is 10.5. The van der Waals surface area contributed by atoms with E-state index in [1.807, 2.05) is 67.8 Å². The molecule has 0 radical (unpaired) electrons. The lowest BCUT2D eigenvalue weighted by Crippen LogP contribution is -2.29. The van der Waals surface area contributed by atoms with Crippen molar-refractivity contribution >= 4 is 34.5 Å². The van der Waals surface area contributed by atoms with Gasteiger partial charge in [0.2, 0.25) is 5.91 Å². The van der Waals surface area contributed by atoms with Crippen LogP contribution in [0.4, 0.5) is 5.82 Å². The summed E-state index contributed by atoms with van der Waals surface area (Å²) in [4.78, 5) is 26.5. The first-order valence-electron chi connectivity index (χ1n) is 9.29. The third-order valence-electron chi connectivity index (χ3n) is 4.76. The molecule has 0 saturated carbocycles. The Labute approximate surface area is 172 Å². The van der Waals surface area contributed by atoms with Crippen LogP contribution >= 0.6 is 11.8 Å². The molecule has 1 amide bonds. The molecule has 4 rings (SSSR count).